The number of amides is 1. The molecule has 0 radical (unpaired) electrons. The molecule has 0 aromatic heterocycles. The summed E-state index contributed by atoms with van der Waals surface area (Å²) in [5.74, 6) is 0.0814. The summed E-state index contributed by atoms with van der Waals surface area (Å²) in [7, 11) is 0. The number of aryl methyl sites for hydroxylation is 1. The Morgan fingerprint density at radius 1 is 1.47 bits per heavy atom. The van der Waals surface area contributed by atoms with Gasteiger partial charge in [-0.3, -0.25) is 4.79 Å². The van der Waals surface area contributed by atoms with Crippen LogP contribution < -0.4 is 16.0 Å². The van der Waals surface area contributed by atoms with Gasteiger partial charge in [-0.05, 0) is 31.5 Å². The second-order valence-electron chi connectivity index (χ2n) is 4.51. The van der Waals surface area contributed by atoms with Crippen LogP contribution in [0, 0.1) is 6.92 Å². The van der Waals surface area contributed by atoms with Crippen molar-refractivity contribution in [2.45, 2.75) is 19.4 Å². The van der Waals surface area contributed by atoms with E-state index in [1.807, 2.05) is 12.1 Å². The second-order valence-corrected chi connectivity index (χ2v) is 4.51. The third-order valence-electron chi connectivity index (χ3n) is 3.11. The van der Waals surface area contributed by atoms with Crippen molar-refractivity contribution in [2.24, 2.45) is 5.73 Å². The number of carbonyl (C=O) groups is 1. The molecule has 3 N–H and O–H groups in total. The van der Waals surface area contributed by atoms with Gasteiger partial charge in [-0.15, -0.1) is 0 Å². The number of anilines is 1. The van der Waals surface area contributed by atoms with E-state index >= 15 is 0 Å². The minimum absolute atomic E-state index is 0.0814. The minimum atomic E-state index is 0.0814. The Labute approximate surface area is 102 Å². The van der Waals surface area contributed by atoms with Gasteiger partial charge in [0.05, 0.1) is 6.54 Å². The number of carbonyl (C=O) groups excluding carboxylic acids is 1. The molecule has 1 aromatic carbocycles. The number of nitrogens with zero attached hydrogens (tertiary/aromatic N) is 1. The number of piperazine rings is 1. The largest absolute Gasteiger partial charge is 0.360 e. The lowest BCUT2D eigenvalue weighted by Crippen LogP contribution is -2.54. The highest BCUT2D eigenvalue weighted by atomic mass is 16.2. The molecule has 1 saturated heterocycles. The van der Waals surface area contributed by atoms with E-state index in [0.29, 0.717) is 13.1 Å². The Balaban J connectivity index is 2.15. The quantitative estimate of drug-likeness (QED) is 0.806. The zero-order valence-corrected chi connectivity index (χ0v) is 10.1. The Morgan fingerprint density at radius 2 is 2.24 bits per heavy atom. The van der Waals surface area contributed by atoms with Crippen molar-refractivity contribution in [2.75, 3.05) is 24.5 Å². The van der Waals surface area contributed by atoms with E-state index in [4.69, 9.17) is 5.73 Å². The molecule has 0 aliphatic carbocycles. The van der Waals surface area contributed by atoms with Crippen molar-refractivity contribution in [1.29, 1.82) is 0 Å². The summed E-state index contributed by atoms with van der Waals surface area (Å²) >= 11 is 0. The van der Waals surface area contributed by atoms with Gasteiger partial charge in [-0.25, -0.2) is 0 Å². The average molecular weight is 233 g/mol. The standard InChI is InChI=1S/C13H19N3O/c1-10-4-2-3-5-12(10)16-8-11(6-7-14)15-13(17)9-16/h2-5,11H,6-9,14H2,1H3,(H,15,17). The van der Waals surface area contributed by atoms with Gasteiger partial charge in [0.25, 0.3) is 0 Å². The van der Waals surface area contributed by atoms with Crippen LogP contribution in [0.3, 0.4) is 0 Å². The van der Waals surface area contributed by atoms with Crippen LogP contribution in [0.2, 0.25) is 0 Å². The number of hydrogen-bond donors (Lipinski definition) is 2. The molecule has 4 nitrogen and oxygen atoms in total. The summed E-state index contributed by atoms with van der Waals surface area (Å²) < 4.78 is 0. The number of nitrogens with one attached hydrogen (secondary N) is 1. The second kappa shape index (κ2) is 5.19. The number of hydrogen-bond acceptors (Lipinski definition) is 3. The molecule has 17 heavy (non-hydrogen) atoms. The highest BCUT2D eigenvalue weighted by Crippen LogP contribution is 2.21. The fourth-order valence-electron chi connectivity index (χ4n) is 2.29. The van der Waals surface area contributed by atoms with Crippen LogP contribution in [-0.4, -0.2) is 31.6 Å². The maximum Gasteiger partial charge on any atom is 0.239 e. The first-order valence-electron chi connectivity index (χ1n) is 6.00. The minimum Gasteiger partial charge on any atom is -0.360 e. The summed E-state index contributed by atoms with van der Waals surface area (Å²) in [5.41, 5.74) is 7.89. The molecule has 1 aliphatic heterocycles. The Morgan fingerprint density at radius 3 is 2.94 bits per heavy atom. The molecule has 1 atom stereocenters. The van der Waals surface area contributed by atoms with Crippen LogP contribution in [-0.2, 0) is 4.79 Å². The lowest BCUT2D eigenvalue weighted by Gasteiger charge is -2.35. The first kappa shape index (κ1) is 11.9. The van der Waals surface area contributed by atoms with E-state index in [2.05, 4.69) is 29.3 Å². The molecule has 1 aliphatic rings. The molecular formula is C13H19N3O. The van der Waals surface area contributed by atoms with Crippen LogP contribution in [0.4, 0.5) is 5.69 Å². The first-order valence-corrected chi connectivity index (χ1v) is 6.00. The number of benzene rings is 1. The Bertz CT molecular complexity index is 405. The van der Waals surface area contributed by atoms with Crippen molar-refractivity contribution in [1.82, 2.24) is 5.32 Å². The van der Waals surface area contributed by atoms with Crippen LogP contribution in [0.5, 0.6) is 0 Å². The highest BCUT2D eigenvalue weighted by molar-refractivity contribution is 5.83. The fourth-order valence-corrected chi connectivity index (χ4v) is 2.29. The molecule has 92 valence electrons. The molecule has 2 rings (SSSR count). The van der Waals surface area contributed by atoms with Gasteiger partial charge in [-0.1, -0.05) is 18.2 Å². The molecule has 1 heterocycles. The predicted octanol–water partition coefficient (Wildman–Crippen LogP) is 0.649. The molecule has 1 fully saturated rings. The van der Waals surface area contributed by atoms with Crippen LogP contribution in [0.15, 0.2) is 24.3 Å². The predicted molar refractivity (Wildman–Crippen MR) is 69.0 cm³/mol. The summed E-state index contributed by atoms with van der Waals surface area (Å²) in [6.07, 6.45) is 0.828. The SMILES string of the molecule is Cc1ccccc1N1CC(=O)NC(CCN)C1. The van der Waals surface area contributed by atoms with Crippen molar-refractivity contribution in [3.05, 3.63) is 29.8 Å². The maximum atomic E-state index is 11.6. The zero-order valence-electron chi connectivity index (χ0n) is 10.1. The Kier molecular flexibility index (Phi) is 3.64. The van der Waals surface area contributed by atoms with E-state index in [9.17, 15) is 4.79 Å². The van der Waals surface area contributed by atoms with E-state index in [1.165, 1.54) is 5.56 Å². The van der Waals surface area contributed by atoms with Crippen molar-refractivity contribution in [3.63, 3.8) is 0 Å². The van der Waals surface area contributed by atoms with Gasteiger partial charge in [0.15, 0.2) is 0 Å². The molecule has 1 unspecified atom stereocenters. The molecule has 1 amide bonds. The molecule has 0 spiro atoms. The lowest BCUT2D eigenvalue weighted by atomic mass is 10.1. The third kappa shape index (κ3) is 2.77. The molecule has 1 aromatic rings. The number of rotatable bonds is 3. The molecule has 0 bridgehead atoms. The third-order valence-corrected chi connectivity index (χ3v) is 3.11. The van der Waals surface area contributed by atoms with E-state index < -0.39 is 0 Å². The van der Waals surface area contributed by atoms with E-state index in [1.54, 1.807) is 0 Å². The Hall–Kier alpha value is -1.55. The molecule has 4 heteroatoms. The monoisotopic (exact) mass is 233 g/mol. The summed E-state index contributed by atoms with van der Waals surface area (Å²) in [5, 5.41) is 2.98. The van der Waals surface area contributed by atoms with Crippen LogP contribution in [0.1, 0.15) is 12.0 Å². The summed E-state index contributed by atoms with van der Waals surface area (Å²) in [6, 6.07) is 8.32. The normalized spacial score (nSPS) is 20.2. The summed E-state index contributed by atoms with van der Waals surface area (Å²) in [4.78, 5) is 13.8. The fraction of sp³-hybridized carbons (Fsp3) is 0.462. The van der Waals surface area contributed by atoms with Crippen molar-refractivity contribution < 1.29 is 4.79 Å². The summed E-state index contributed by atoms with van der Waals surface area (Å²) in [6.45, 7) is 3.95. The van der Waals surface area contributed by atoms with Gasteiger partial charge in [-0.2, -0.15) is 0 Å². The molecular weight excluding hydrogens is 214 g/mol. The van der Waals surface area contributed by atoms with Gasteiger partial charge in [0, 0.05) is 18.3 Å². The van der Waals surface area contributed by atoms with Crippen molar-refractivity contribution in [3.8, 4) is 0 Å². The topological polar surface area (TPSA) is 58.4 Å². The zero-order chi connectivity index (χ0) is 12.3. The number of nitrogens with two attached hydrogens (primary N) is 1. The van der Waals surface area contributed by atoms with Crippen LogP contribution >= 0.6 is 0 Å². The highest BCUT2D eigenvalue weighted by Gasteiger charge is 2.24. The smallest absolute Gasteiger partial charge is 0.239 e. The lowest BCUT2D eigenvalue weighted by molar-refractivity contribution is -0.121. The van der Waals surface area contributed by atoms with Gasteiger partial charge in [0.2, 0.25) is 5.91 Å². The first-order chi connectivity index (χ1) is 8.20. The van der Waals surface area contributed by atoms with Crippen LogP contribution in [0.25, 0.3) is 0 Å². The van der Waals surface area contributed by atoms with Crippen molar-refractivity contribution >= 4 is 11.6 Å². The van der Waals surface area contributed by atoms with Gasteiger partial charge >= 0.3 is 0 Å². The maximum absolute atomic E-state index is 11.6. The average Bonchev–Trinajstić information content (AvgIpc) is 2.29. The molecule has 0 saturated carbocycles. The van der Waals surface area contributed by atoms with E-state index in [0.717, 1.165) is 18.7 Å². The van der Waals surface area contributed by atoms with E-state index in [-0.39, 0.29) is 11.9 Å². The number of para-hydroxylation sites is 1. The van der Waals surface area contributed by atoms with Gasteiger partial charge < -0.3 is 16.0 Å². The van der Waals surface area contributed by atoms with Gasteiger partial charge in [0.1, 0.15) is 0 Å².